The molecule has 1 atom stereocenters. The Kier molecular flexibility index (Phi) is 5.82. The summed E-state index contributed by atoms with van der Waals surface area (Å²) >= 11 is 6.50. The minimum absolute atomic E-state index is 0.0554. The molecule has 0 aliphatic rings. The van der Waals surface area contributed by atoms with Crippen LogP contribution < -0.4 is 5.32 Å². The summed E-state index contributed by atoms with van der Waals surface area (Å²) in [5, 5.41) is 12.7. The van der Waals surface area contributed by atoms with Crippen molar-refractivity contribution >= 4 is 28.5 Å². The molecule has 8 heteroatoms. The van der Waals surface area contributed by atoms with E-state index in [1.54, 1.807) is 26.8 Å². The monoisotopic (exact) mass is 430 g/mol. The largest absolute Gasteiger partial charge is 0.348 e. The Labute approximate surface area is 178 Å². The smallest absolute Gasteiger partial charge is 0.240 e. The van der Waals surface area contributed by atoms with Crippen LogP contribution in [0.2, 0.25) is 5.02 Å². The van der Waals surface area contributed by atoms with Crippen molar-refractivity contribution in [3.63, 3.8) is 0 Å². The van der Waals surface area contributed by atoms with Crippen LogP contribution in [-0.2, 0) is 16.8 Å². The molecule has 1 heterocycles. The molecule has 0 saturated heterocycles. The van der Waals surface area contributed by atoms with Crippen LogP contribution in [0.15, 0.2) is 30.6 Å². The van der Waals surface area contributed by atoms with E-state index in [-0.39, 0.29) is 29.5 Å². The van der Waals surface area contributed by atoms with E-state index in [0.29, 0.717) is 10.6 Å². The molecular weight excluding hydrogens is 410 g/mol. The van der Waals surface area contributed by atoms with Gasteiger partial charge in [0.15, 0.2) is 11.6 Å². The van der Waals surface area contributed by atoms with Crippen LogP contribution in [0.25, 0.3) is 11.0 Å². The van der Waals surface area contributed by atoms with Gasteiger partial charge in [-0.05, 0) is 56.5 Å². The lowest BCUT2D eigenvalue weighted by atomic mass is 9.84. The third kappa shape index (κ3) is 3.88. The topological polar surface area (TPSA) is 70.7 Å². The van der Waals surface area contributed by atoms with Crippen molar-refractivity contribution in [2.45, 2.75) is 45.7 Å². The molecule has 0 bridgehead atoms. The van der Waals surface area contributed by atoms with Gasteiger partial charge in [-0.2, -0.15) is 5.26 Å². The Morgan fingerprint density at radius 1 is 1.33 bits per heavy atom. The first-order valence-corrected chi connectivity index (χ1v) is 9.73. The normalized spacial score (nSPS) is 12.6. The first-order valence-electron chi connectivity index (χ1n) is 9.35. The Bertz CT molecular complexity index is 1180. The number of carbonyl (C=O) groups is 1. The van der Waals surface area contributed by atoms with Gasteiger partial charge in [0.2, 0.25) is 5.91 Å². The third-order valence-electron chi connectivity index (χ3n) is 5.21. The van der Waals surface area contributed by atoms with E-state index in [2.05, 4.69) is 16.4 Å². The lowest BCUT2D eigenvalue weighted by molar-refractivity contribution is -0.122. The number of nitrogens with one attached hydrogen (secondary N) is 1. The van der Waals surface area contributed by atoms with Crippen LogP contribution in [-0.4, -0.2) is 15.5 Å². The molecule has 1 amide bonds. The number of nitriles is 1. The molecule has 0 fully saturated rings. The van der Waals surface area contributed by atoms with Gasteiger partial charge in [-0.1, -0.05) is 23.7 Å². The maximum atomic E-state index is 14.1. The van der Waals surface area contributed by atoms with E-state index in [9.17, 15) is 18.8 Å². The molecule has 156 valence electrons. The highest BCUT2D eigenvalue weighted by Gasteiger charge is 2.25. The number of rotatable bonds is 5. The van der Waals surface area contributed by atoms with Crippen LogP contribution in [0.5, 0.6) is 0 Å². The van der Waals surface area contributed by atoms with Gasteiger partial charge in [-0.15, -0.1) is 0 Å². The Balaban J connectivity index is 1.81. The Morgan fingerprint density at radius 3 is 2.70 bits per heavy atom. The Hall–Kier alpha value is -2.98. The summed E-state index contributed by atoms with van der Waals surface area (Å²) < 4.78 is 28.9. The number of hydrogen-bond acceptors (Lipinski definition) is 3. The second-order valence-corrected chi connectivity index (χ2v) is 8.15. The minimum atomic E-state index is -1.04. The molecule has 0 saturated carbocycles. The number of amides is 1. The zero-order valence-electron chi connectivity index (χ0n) is 17.1. The highest BCUT2D eigenvalue weighted by Crippen LogP contribution is 2.35. The lowest BCUT2D eigenvalue weighted by Gasteiger charge is -2.23. The number of imidazole rings is 1. The summed E-state index contributed by atoms with van der Waals surface area (Å²) in [5.74, 6) is -2.42. The number of benzene rings is 2. The zero-order chi connectivity index (χ0) is 22.2. The SMILES string of the molecule is Cc1c(C(C)NC(=O)Cn2cnc3ccc(F)c(F)c32)ccc(C(C)(C)C#N)c1Cl. The van der Waals surface area contributed by atoms with E-state index in [1.807, 2.05) is 13.0 Å². The second kappa shape index (κ2) is 8.04. The number of hydrogen-bond donors (Lipinski definition) is 1. The average Bonchev–Trinajstić information content (AvgIpc) is 3.09. The minimum Gasteiger partial charge on any atom is -0.348 e. The van der Waals surface area contributed by atoms with Crippen molar-refractivity contribution in [1.29, 1.82) is 5.26 Å². The lowest BCUT2D eigenvalue weighted by Crippen LogP contribution is -2.30. The first-order chi connectivity index (χ1) is 14.1. The molecule has 0 spiro atoms. The molecule has 1 unspecified atom stereocenters. The highest BCUT2D eigenvalue weighted by molar-refractivity contribution is 6.32. The van der Waals surface area contributed by atoms with Crippen molar-refractivity contribution < 1.29 is 13.6 Å². The maximum absolute atomic E-state index is 14.1. The van der Waals surface area contributed by atoms with E-state index >= 15 is 0 Å². The molecule has 1 aromatic heterocycles. The predicted octanol–water partition coefficient (Wildman–Crippen LogP) is 4.95. The van der Waals surface area contributed by atoms with Crippen molar-refractivity contribution in [1.82, 2.24) is 14.9 Å². The highest BCUT2D eigenvalue weighted by atomic mass is 35.5. The van der Waals surface area contributed by atoms with Crippen molar-refractivity contribution in [3.8, 4) is 6.07 Å². The van der Waals surface area contributed by atoms with Gasteiger partial charge in [0.25, 0.3) is 0 Å². The van der Waals surface area contributed by atoms with Gasteiger partial charge in [0.05, 0.1) is 29.4 Å². The molecule has 0 aliphatic carbocycles. The van der Waals surface area contributed by atoms with Gasteiger partial charge >= 0.3 is 0 Å². The van der Waals surface area contributed by atoms with Crippen molar-refractivity contribution in [3.05, 3.63) is 63.9 Å². The summed E-state index contributed by atoms with van der Waals surface area (Å²) in [4.78, 5) is 16.6. The van der Waals surface area contributed by atoms with Crippen LogP contribution in [0.4, 0.5) is 8.78 Å². The fraction of sp³-hybridized carbons (Fsp3) is 0.318. The van der Waals surface area contributed by atoms with Crippen LogP contribution in [0.1, 0.15) is 43.5 Å². The fourth-order valence-electron chi connectivity index (χ4n) is 3.45. The first kappa shape index (κ1) is 21.7. The van der Waals surface area contributed by atoms with Crippen molar-refractivity contribution in [2.24, 2.45) is 0 Å². The molecule has 3 rings (SSSR count). The second-order valence-electron chi connectivity index (χ2n) is 7.77. The molecule has 1 N–H and O–H groups in total. The summed E-state index contributed by atoms with van der Waals surface area (Å²) in [6, 6.07) is 7.84. The predicted molar refractivity (Wildman–Crippen MR) is 111 cm³/mol. The standard InChI is InChI=1S/C22H21ClF2N4O/c1-12-14(5-6-15(19(12)23)22(3,4)10-26)13(2)28-18(30)9-29-11-27-17-8-7-16(24)20(25)21(17)29/h5-8,11,13H,9H2,1-4H3,(H,28,30). The number of halogens is 3. The van der Waals surface area contributed by atoms with E-state index < -0.39 is 17.0 Å². The third-order valence-corrected chi connectivity index (χ3v) is 5.70. The van der Waals surface area contributed by atoms with Gasteiger partial charge in [0.1, 0.15) is 12.1 Å². The maximum Gasteiger partial charge on any atom is 0.240 e. The molecule has 3 aromatic rings. The van der Waals surface area contributed by atoms with Gasteiger partial charge in [0, 0.05) is 5.02 Å². The molecule has 30 heavy (non-hydrogen) atoms. The summed E-state index contributed by atoms with van der Waals surface area (Å²) in [6.07, 6.45) is 1.30. The number of nitrogens with zero attached hydrogens (tertiary/aromatic N) is 3. The molecule has 0 radical (unpaired) electrons. The van der Waals surface area contributed by atoms with Gasteiger partial charge < -0.3 is 9.88 Å². The molecular formula is C22H21ClF2N4O. The van der Waals surface area contributed by atoms with Crippen LogP contribution in [0, 0.1) is 29.9 Å². The quantitative estimate of drug-likeness (QED) is 0.622. The molecule has 2 aromatic carbocycles. The van der Waals surface area contributed by atoms with E-state index in [4.69, 9.17) is 11.6 Å². The van der Waals surface area contributed by atoms with E-state index in [0.717, 1.165) is 17.2 Å². The van der Waals surface area contributed by atoms with E-state index in [1.165, 1.54) is 17.0 Å². The summed E-state index contributed by atoms with van der Waals surface area (Å²) in [5.41, 5.74) is 1.77. The Morgan fingerprint density at radius 2 is 2.03 bits per heavy atom. The zero-order valence-corrected chi connectivity index (χ0v) is 17.8. The molecule has 0 aliphatic heterocycles. The number of fused-ring (bicyclic) bond motifs is 1. The molecule has 5 nitrogen and oxygen atoms in total. The fourth-order valence-corrected chi connectivity index (χ4v) is 3.86. The number of carbonyl (C=O) groups excluding carboxylic acids is 1. The van der Waals surface area contributed by atoms with Gasteiger partial charge in [-0.25, -0.2) is 13.8 Å². The van der Waals surface area contributed by atoms with Crippen LogP contribution >= 0.6 is 11.6 Å². The summed E-state index contributed by atoms with van der Waals surface area (Å²) in [6.45, 7) is 7.00. The van der Waals surface area contributed by atoms with Crippen molar-refractivity contribution in [2.75, 3.05) is 0 Å². The van der Waals surface area contributed by atoms with Gasteiger partial charge in [-0.3, -0.25) is 4.79 Å². The summed E-state index contributed by atoms with van der Waals surface area (Å²) in [7, 11) is 0. The number of aromatic nitrogens is 2. The average molecular weight is 431 g/mol. The van der Waals surface area contributed by atoms with Crippen LogP contribution in [0.3, 0.4) is 0 Å².